The molecule has 0 bridgehead atoms. The third-order valence-corrected chi connectivity index (χ3v) is 3.68. The summed E-state index contributed by atoms with van der Waals surface area (Å²) in [4.78, 5) is 13.6. The van der Waals surface area contributed by atoms with Gasteiger partial charge in [0.05, 0.1) is 19.8 Å². The topological polar surface area (TPSA) is 42.8 Å². The second kappa shape index (κ2) is 7.41. The predicted octanol–water partition coefficient (Wildman–Crippen LogP) is 0.338. The number of quaternary nitrogens is 1. The van der Waals surface area contributed by atoms with Crippen LogP contribution in [0.4, 0.5) is 0 Å². The molecular formula is C16H25N2O2+. The van der Waals surface area contributed by atoms with E-state index in [1.54, 1.807) is 4.90 Å². The Labute approximate surface area is 121 Å². The molecule has 0 radical (unpaired) electrons. The zero-order valence-corrected chi connectivity index (χ0v) is 12.5. The van der Waals surface area contributed by atoms with Gasteiger partial charge in [0.2, 0.25) is 0 Å². The first-order valence-corrected chi connectivity index (χ1v) is 7.43. The number of carbonyl (C=O) groups is 1. The van der Waals surface area contributed by atoms with E-state index in [4.69, 9.17) is 4.74 Å². The normalized spacial score (nSPS) is 16.1. The van der Waals surface area contributed by atoms with Gasteiger partial charge in [-0.3, -0.25) is 4.79 Å². The molecule has 4 heteroatoms. The molecule has 1 aromatic rings. The Morgan fingerprint density at radius 1 is 1.20 bits per heavy atom. The molecule has 2 rings (SSSR count). The molecule has 110 valence electrons. The van der Waals surface area contributed by atoms with Gasteiger partial charge in [-0.15, -0.1) is 0 Å². The first kappa shape index (κ1) is 15.0. The summed E-state index contributed by atoms with van der Waals surface area (Å²) in [6, 6.07) is 5.96. The van der Waals surface area contributed by atoms with E-state index in [0.717, 1.165) is 62.5 Å². The molecule has 1 aliphatic rings. The van der Waals surface area contributed by atoms with Crippen molar-refractivity contribution >= 4 is 5.91 Å². The fourth-order valence-electron chi connectivity index (χ4n) is 2.66. The van der Waals surface area contributed by atoms with Crippen LogP contribution in [-0.4, -0.2) is 45.3 Å². The van der Waals surface area contributed by atoms with Gasteiger partial charge in [0, 0.05) is 18.5 Å². The Morgan fingerprint density at radius 3 is 2.50 bits per heavy atom. The maximum atomic E-state index is 12.1. The number of hydrogen-bond acceptors (Lipinski definition) is 2. The highest BCUT2D eigenvalue weighted by molar-refractivity contribution is 5.94. The van der Waals surface area contributed by atoms with Crippen LogP contribution < -0.4 is 10.2 Å². The van der Waals surface area contributed by atoms with Crippen molar-refractivity contribution < 1.29 is 14.4 Å². The van der Waals surface area contributed by atoms with Gasteiger partial charge >= 0.3 is 0 Å². The summed E-state index contributed by atoms with van der Waals surface area (Å²) < 4.78 is 5.33. The molecular weight excluding hydrogens is 252 g/mol. The average molecular weight is 277 g/mol. The van der Waals surface area contributed by atoms with E-state index in [1.807, 2.05) is 26.0 Å². The number of hydrogen-bond donors (Lipinski definition) is 2. The zero-order chi connectivity index (χ0) is 14.4. The van der Waals surface area contributed by atoms with E-state index in [0.29, 0.717) is 0 Å². The number of rotatable bonds is 5. The third kappa shape index (κ3) is 4.62. The summed E-state index contributed by atoms with van der Waals surface area (Å²) in [6.07, 6.45) is 1.02. The van der Waals surface area contributed by atoms with E-state index in [-0.39, 0.29) is 5.91 Å². The van der Waals surface area contributed by atoms with E-state index in [9.17, 15) is 4.79 Å². The van der Waals surface area contributed by atoms with Crippen LogP contribution in [0.25, 0.3) is 0 Å². The van der Waals surface area contributed by atoms with Crippen LogP contribution in [0.15, 0.2) is 18.2 Å². The van der Waals surface area contributed by atoms with Gasteiger partial charge < -0.3 is 15.0 Å². The van der Waals surface area contributed by atoms with Gasteiger partial charge in [-0.25, -0.2) is 0 Å². The Hall–Kier alpha value is -1.39. The van der Waals surface area contributed by atoms with Gasteiger partial charge in [0.15, 0.2) is 0 Å². The molecule has 1 aliphatic heterocycles. The van der Waals surface area contributed by atoms with E-state index in [2.05, 4.69) is 11.4 Å². The Morgan fingerprint density at radius 2 is 1.85 bits per heavy atom. The summed E-state index contributed by atoms with van der Waals surface area (Å²) in [5.41, 5.74) is 3.03. The summed E-state index contributed by atoms with van der Waals surface area (Å²) in [6.45, 7) is 9.80. The van der Waals surface area contributed by atoms with Crippen molar-refractivity contribution in [1.29, 1.82) is 0 Å². The smallest absolute Gasteiger partial charge is 0.251 e. The molecule has 0 aliphatic carbocycles. The molecule has 2 N–H and O–H groups in total. The van der Waals surface area contributed by atoms with Crippen molar-refractivity contribution in [3.63, 3.8) is 0 Å². The Balaban J connectivity index is 1.71. The van der Waals surface area contributed by atoms with E-state index < -0.39 is 0 Å². The summed E-state index contributed by atoms with van der Waals surface area (Å²) in [5, 5.41) is 3.01. The predicted molar refractivity (Wildman–Crippen MR) is 79.2 cm³/mol. The summed E-state index contributed by atoms with van der Waals surface area (Å²) in [7, 11) is 0. The molecule has 4 nitrogen and oxygen atoms in total. The SMILES string of the molecule is Cc1cc(C)cc(C(=O)NCCC[NH+]2CCOCC2)c1. The lowest BCUT2D eigenvalue weighted by molar-refractivity contribution is -0.908. The second-order valence-electron chi connectivity index (χ2n) is 5.60. The maximum Gasteiger partial charge on any atom is 0.251 e. The molecule has 0 saturated carbocycles. The van der Waals surface area contributed by atoms with E-state index in [1.165, 1.54) is 0 Å². The monoisotopic (exact) mass is 277 g/mol. The molecule has 0 atom stereocenters. The van der Waals surface area contributed by atoms with Crippen LogP contribution in [0, 0.1) is 13.8 Å². The first-order chi connectivity index (χ1) is 9.65. The first-order valence-electron chi connectivity index (χ1n) is 7.43. The second-order valence-corrected chi connectivity index (χ2v) is 5.60. The van der Waals surface area contributed by atoms with Crippen molar-refractivity contribution in [1.82, 2.24) is 5.32 Å². The third-order valence-electron chi connectivity index (χ3n) is 3.68. The Bertz CT molecular complexity index is 434. The lowest BCUT2D eigenvalue weighted by atomic mass is 10.1. The number of aryl methyl sites for hydroxylation is 2. The number of carbonyl (C=O) groups excluding carboxylic acids is 1. The molecule has 1 aromatic carbocycles. The van der Waals surface area contributed by atoms with Crippen molar-refractivity contribution in [2.45, 2.75) is 20.3 Å². The van der Waals surface area contributed by atoms with Gasteiger partial charge in [-0.1, -0.05) is 17.2 Å². The fraction of sp³-hybridized carbons (Fsp3) is 0.562. The van der Waals surface area contributed by atoms with E-state index >= 15 is 0 Å². The minimum atomic E-state index is 0.0359. The van der Waals surface area contributed by atoms with Crippen LogP contribution in [0.2, 0.25) is 0 Å². The van der Waals surface area contributed by atoms with Crippen molar-refractivity contribution in [2.75, 3.05) is 39.4 Å². The fourth-order valence-corrected chi connectivity index (χ4v) is 2.66. The standard InChI is InChI=1S/C16H24N2O2/c1-13-10-14(2)12-15(11-13)16(19)17-4-3-5-18-6-8-20-9-7-18/h10-12H,3-9H2,1-2H3,(H,17,19)/p+1. The number of nitrogens with one attached hydrogen (secondary N) is 2. The van der Waals surface area contributed by atoms with Crippen molar-refractivity contribution in [3.05, 3.63) is 34.9 Å². The van der Waals surface area contributed by atoms with Gasteiger partial charge in [0.25, 0.3) is 5.91 Å². The maximum absolute atomic E-state index is 12.1. The quantitative estimate of drug-likeness (QED) is 0.762. The molecule has 20 heavy (non-hydrogen) atoms. The van der Waals surface area contributed by atoms with Crippen LogP contribution in [-0.2, 0) is 4.74 Å². The van der Waals surface area contributed by atoms with Crippen LogP contribution in [0.1, 0.15) is 27.9 Å². The molecule has 0 aromatic heterocycles. The highest BCUT2D eigenvalue weighted by Gasteiger charge is 2.13. The summed E-state index contributed by atoms with van der Waals surface area (Å²) in [5.74, 6) is 0.0359. The number of ether oxygens (including phenoxy) is 1. The number of amides is 1. The summed E-state index contributed by atoms with van der Waals surface area (Å²) >= 11 is 0. The highest BCUT2D eigenvalue weighted by Crippen LogP contribution is 2.08. The van der Waals surface area contributed by atoms with Crippen molar-refractivity contribution in [2.24, 2.45) is 0 Å². The highest BCUT2D eigenvalue weighted by atomic mass is 16.5. The number of morpholine rings is 1. The molecule has 1 heterocycles. The molecule has 1 saturated heterocycles. The average Bonchev–Trinajstić information content (AvgIpc) is 2.43. The minimum Gasteiger partial charge on any atom is -0.370 e. The van der Waals surface area contributed by atoms with Crippen LogP contribution in [0.3, 0.4) is 0 Å². The molecule has 0 unspecified atom stereocenters. The minimum absolute atomic E-state index is 0.0359. The zero-order valence-electron chi connectivity index (χ0n) is 12.5. The molecule has 1 amide bonds. The van der Waals surface area contributed by atoms with Gasteiger partial charge in [-0.05, 0) is 26.0 Å². The lowest BCUT2D eigenvalue weighted by Crippen LogP contribution is -3.14. The lowest BCUT2D eigenvalue weighted by Gasteiger charge is -2.23. The van der Waals surface area contributed by atoms with Gasteiger partial charge in [0.1, 0.15) is 13.1 Å². The molecule has 0 spiro atoms. The Kier molecular flexibility index (Phi) is 5.56. The van der Waals surface area contributed by atoms with Crippen LogP contribution >= 0.6 is 0 Å². The number of benzene rings is 1. The van der Waals surface area contributed by atoms with Gasteiger partial charge in [-0.2, -0.15) is 0 Å². The van der Waals surface area contributed by atoms with Crippen molar-refractivity contribution in [3.8, 4) is 0 Å². The molecule has 1 fully saturated rings. The largest absolute Gasteiger partial charge is 0.370 e. The van der Waals surface area contributed by atoms with Crippen LogP contribution in [0.5, 0.6) is 0 Å².